The largest absolute Gasteiger partial charge is 0.462 e. The number of carbonyl (C=O) groups is 3. The molecule has 0 N–H and O–H groups in total. The quantitative estimate of drug-likeness (QED) is 0.0261. The standard InChI is InChI=1S/C71H134O6/c1-4-7-10-13-16-19-22-25-28-30-32-33-34-35-36-37-38-39-40-42-43-46-49-52-55-58-61-64-70(73)76-67-68(66-75-69(72)63-60-57-54-51-48-45-27-24-21-18-15-12-9-6-3)77-71(74)65-62-59-56-53-50-47-44-41-31-29-26-23-20-17-14-11-8-5-2/h22,25,30,32,68H,4-21,23-24,26-29,31,33-67H2,1-3H3/b25-22-,32-30-. The van der Waals surface area contributed by atoms with Crippen molar-refractivity contribution in [3.8, 4) is 0 Å². The van der Waals surface area contributed by atoms with E-state index >= 15 is 0 Å². The van der Waals surface area contributed by atoms with Gasteiger partial charge in [0.1, 0.15) is 13.2 Å². The van der Waals surface area contributed by atoms with Crippen molar-refractivity contribution < 1.29 is 28.6 Å². The number of rotatable bonds is 65. The molecule has 1 atom stereocenters. The van der Waals surface area contributed by atoms with Crippen LogP contribution in [-0.2, 0) is 28.6 Å². The van der Waals surface area contributed by atoms with Gasteiger partial charge in [-0.2, -0.15) is 0 Å². The van der Waals surface area contributed by atoms with Crippen LogP contribution in [0.1, 0.15) is 393 Å². The minimum atomic E-state index is -0.766. The van der Waals surface area contributed by atoms with Gasteiger partial charge in [-0.05, 0) is 51.4 Å². The monoisotopic (exact) mass is 1080 g/mol. The van der Waals surface area contributed by atoms with Crippen LogP contribution < -0.4 is 0 Å². The summed E-state index contributed by atoms with van der Waals surface area (Å²) in [6.45, 7) is 6.71. The Hall–Kier alpha value is -2.11. The van der Waals surface area contributed by atoms with Crippen molar-refractivity contribution in [3.05, 3.63) is 24.3 Å². The molecule has 0 aliphatic carbocycles. The number of carbonyl (C=O) groups excluding carboxylic acids is 3. The van der Waals surface area contributed by atoms with Crippen LogP contribution in [0, 0.1) is 0 Å². The Morgan fingerprint density at radius 3 is 0.714 bits per heavy atom. The fourth-order valence-corrected chi connectivity index (χ4v) is 10.7. The lowest BCUT2D eigenvalue weighted by molar-refractivity contribution is -0.167. The number of hydrogen-bond acceptors (Lipinski definition) is 6. The molecule has 0 aliphatic rings. The number of allylic oxidation sites excluding steroid dienone is 4. The lowest BCUT2D eigenvalue weighted by Crippen LogP contribution is -2.30. The smallest absolute Gasteiger partial charge is 0.306 e. The molecule has 0 bridgehead atoms. The summed E-state index contributed by atoms with van der Waals surface area (Å²) in [7, 11) is 0. The summed E-state index contributed by atoms with van der Waals surface area (Å²) in [6, 6.07) is 0. The number of unbranched alkanes of at least 4 members (excludes halogenated alkanes) is 50. The highest BCUT2D eigenvalue weighted by Crippen LogP contribution is 2.19. The molecule has 6 heteroatoms. The van der Waals surface area contributed by atoms with Crippen molar-refractivity contribution in [1.82, 2.24) is 0 Å². The van der Waals surface area contributed by atoms with Gasteiger partial charge in [-0.25, -0.2) is 0 Å². The van der Waals surface area contributed by atoms with Crippen LogP contribution in [0.25, 0.3) is 0 Å². The molecule has 0 rings (SSSR count). The van der Waals surface area contributed by atoms with Crippen molar-refractivity contribution in [1.29, 1.82) is 0 Å². The van der Waals surface area contributed by atoms with Crippen LogP contribution in [0.3, 0.4) is 0 Å². The first kappa shape index (κ1) is 74.9. The molecule has 0 aromatic carbocycles. The highest BCUT2D eigenvalue weighted by atomic mass is 16.6. The maximum Gasteiger partial charge on any atom is 0.306 e. The van der Waals surface area contributed by atoms with E-state index in [9.17, 15) is 14.4 Å². The van der Waals surface area contributed by atoms with Gasteiger partial charge in [0.25, 0.3) is 0 Å². The van der Waals surface area contributed by atoms with Crippen molar-refractivity contribution in [2.45, 2.75) is 399 Å². The molecule has 0 radical (unpaired) electrons. The van der Waals surface area contributed by atoms with Gasteiger partial charge >= 0.3 is 17.9 Å². The molecule has 0 fully saturated rings. The molecule has 454 valence electrons. The van der Waals surface area contributed by atoms with Crippen LogP contribution in [-0.4, -0.2) is 37.2 Å². The molecule has 0 aromatic rings. The number of hydrogen-bond donors (Lipinski definition) is 0. The normalized spacial score (nSPS) is 12.1. The first-order valence-electron chi connectivity index (χ1n) is 34.8. The minimum Gasteiger partial charge on any atom is -0.462 e. The van der Waals surface area contributed by atoms with Gasteiger partial charge in [0.2, 0.25) is 0 Å². The molecule has 6 nitrogen and oxygen atoms in total. The first-order chi connectivity index (χ1) is 38.0. The van der Waals surface area contributed by atoms with Crippen molar-refractivity contribution in [2.75, 3.05) is 13.2 Å². The molecular formula is C71H134O6. The summed E-state index contributed by atoms with van der Waals surface area (Å²) >= 11 is 0. The Balaban J connectivity index is 4.21. The molecule has 0 saturated heterocycles. The van der Waals surface area contributed by atoms with E-state index in [1.54, 1.807) is 0 Å². The van der Waals surface area contributed by atoms with E-state index in [1.165, 1.54) is 289 Å². The Morgan fingerprint density at radius 1 is 0.260 bits per heavy atom. The Bertz CT molecular complexity index is 1240. The summed E-state index contributed by atoms with van der Waals surface area (Å²) in [4.78, 5) is 38.4. The Morgan fingerprint density at radius 2 is 0.468 bits per heavy atom. The van der Waals surface area contributed by atoms with E-state index in [-0.39, 0.29) is 31.1 Å². The third-order valence-corrected chi connectivity index (χ3v) is 16.0. The van der Waals surface area contributed by atoms with E-state index in [4.69, 9.17) is 14.2 Å². The molecule has 77 heavy (non-hydrogen) atoms. The second-order valence-corrected chi connectivity index (χ2v) is 23.8. The minimum absolute atomic E-state index is 0.0636. The van der Waals surface area contributed by atoms with Crippen LogP contribution >= 0.6 is 0 Å². The van der Waals surface area contributed by atoms with E-state index < -0.39 is 6.10 Å². The molecule has 0 aliphatic heterocycles. The van der Waals surface area contributed by atoms with E-state index in [0.29, 0.717) is 19.3 Å². The zero-order valence-electron chi connectivity index (χ0n) is 52.3. The molecular weight excluding hydrogens is 949 g/mol. The first-order valence-corrected chi connectivity index (χ1v) is 34.8. The Kier molecular flexibility index (Phi) is 64.6. The second-order valence-electron chi connectivity index (χ2n) is 23.8. The average molecular weight is 1080 g/mol. The van der Waals surface area contributed by atoms with Crippen LogP contribution in [0.5, 0.6) is 0 Å². The zero-order chi connectivity index (χ0) is 55.7. The van der Waals surface area contributed by atoms with E-state index in [1.807, 2.05) is 0 Å². The predicted octanol–water partition coefficient (Wildman–Crippen LogP) is 23.8. The average Bonchev–Trinajstić information content (AvgIpc) is 3.43. The summed E-state index contributed by atoms with van der Waals surface area (Å²) < 4.78 is 17.0. The third-order valence-electron chi connectivity index (χ3n) is 16.0. The molecule has 0 aromatic heterocycles. The molecule has 1 unspecified atom stereocenters. The molecule has 0 heterocycles. The lowest BCUT2D eigenvalue weighted by Gasteiger charge is -2.18. The van der Waals surface area contributed by atoms with Crippen LogP contribution in [0.4, 0.5) is 0 Å². The van der Waals surface area contributed by atoms with Gasteiger partial charge < -0.3 is 14.2 Å². The summed E-state index contributed by atoms with van der Waals surface area (Å²) in [5.74, 6) is -0.830. The van der Waals surface area contributed by atoms with Gasteiger partial charge in [0.05, 0.1) is 0 Å². The van der Waals surface area contributed by atoms with Gasteiger partial charge in [-0.3, -0.25) is 14.4 Å². The fraction of sp³-hybridized carbons (Fsp3) is 0.901. The third kappa shape index (κ3) is 64.6. The van der Waals surface area contributed by atoms with Gasteiger partial charge in [0.15, 0.2) is 6.10 Å². The highest BCUT2D eigenvalue weighted by molar-refractivity contribution is 5.71. The maximum absolute atomic E-state index is 12.9. The predicted molar refractivity (Wildman–Crippen MR) is 335 cm³/mol. The molecule has 0 saturated carbocycles. The fourth-order valence-electron chi connectivity index (χ4n) is 10.7. The highest BCUT2D eigenvalue weighted by Gasteiger charge is 2.19. The molecule has 0 amide bonds. The van der Waals surface area contributed by atoms with Gasteiger partial charge in [0, 0.05) is 19.3 Å². The van der Waals surface area contributed by atoms with Gasteiger partial charge in [-0.1, -0.05) is 347 Å². The molecule has 0 spiro atoms. The topological polar surface area (TPSA) is 78.9 Å². The van der Waals surface area contributed by atoms with Gasteiger partial charge in [-0.15, -0.1) is 0 Å². The summed E-state index contributed by atoms with van der Waals surface area (Å²) in [6.07, 6.45) is 80.6. The Labute approximate surface area is 481 Å². The number of ether oxygens (including phenoxy) is 3. The maximum atomic E-state index is 12.9. The van der Waals surface area contributed by atoms with Crippen LogP contribution in [0.15, 0.2) is 24.3 Å². The zero-order valence-corrected chi connectivity index (χ0v) is 52.3. The van der Waals surface area contributed by atoms with Crippen molar-refractivity contribution >= 4 is 17.9 Å². The van der Waals surface area contributed by atoms with E-state index in [2.05, 4.69) is 45.1 Å². The lowest BCUT2D eigenvalue weighted by atomic mass is 10.0. The second kappa shape index (κ2) is 66.4. The SMILES string of the molecule is CCCCCCC/C=C\C/C=C\CCCCCCCCCCCCCCCCCC(=O)OCC(COC(=O)CCCCCCCCCCCCCCCC)OC(=O)CCCCCCCCCCCCCCCCCCCC. The summed E-state index contributed by atoms with van der Waals surface area (Å²) in [5, 5.41) is 0. The van der Waals surface area contributed by atoms with E-state index in [0.717, 1.165) is 64.2 Å². The van der Waals surface area contributed by atoms with Crippen molar-refractivity contribution in [2.24, 2.45) is 0 Å². The number of esters is 3. The summed E-state index contributed by atoms with van der Waals surface area (Å²) in [5.41, 5.74) is 0. The van der Waals surface area contributed by atoms with Crippen LogP contribution in [0.2, 0.25) is 0 Å². The van der Waals surface area contributed by atoms with Crippen molar-refractivity contribution in [3.63, 3.8) is 0 Å².